The highest BCUT2D eigenvalue weighted by Gasteiger charge is 2.30. The molecular formula is C7H9IO2. The van der Waals surface area contributed by atoms with Gasteiger partial charge in [-0.05, 0) is 22.6 Å². The van der Waals surface area contributed by atoms with E-state index >= 15 is 0 Å². The molecule has 0 heterocycles. The van der Waals surface area contributed by atoms with Crippen molar-refractivity contribution in [2.24, 2.45) is 0 Å². The van der Waals surface area contributed by atoms with E-state index in [1.165, 1.54) is 6.92 Å². The van der Waals surface area contributed by atoms with Crippen LogP contribution in [0.15, 0.2) is 12.2 Å². The second-order valence-corrected chi connectivity index (χ2v) is 4.32. The van der Waals surface area contributed by atoms with E-state index in [9.17, 15) is 4.79 Å². The smallest absolute Gasteiger partial charge is 0.303 e. The molecule has 1 rings (SSSR count). The Labute approximate surface area is 73.8 Å². The predicted molar refractivity (Wildman–Crippen MR) is 46.9 cm³/mol. The Morgan fingerprint density at radius 1 is 1.60 bits per heavy atom. The first-order valence-electron chi connectivity index (χ1n) is 3.16. The number of hydrogen-bond donors (Lipinski definition) is 0. The van der Waals surface area contributed by atoms with E-state index in [0.29, 0.717) is 0 Å². The van der Waals surface area contributed by atoms with Crippen LogP contribution in [-0.4, -0.2) is 9.58 Å². The monoisotopic (exact) mass is 252 g/mol. The zero-order valence-corrected chi connectivity index (χ0v) is 7.92. The Bertz CT molecular complexity index is 166. The molecule has 0 spiro atoms. The molecule has 1 aliphatic carbocycles. The van der Waals surface area contributed by atoms with Gasteiger partial charge in [0.15, 0.2) is 3.61 Å². The fraction of sp³-hybridized carbons (Fsp3) is 0.571. The molecule has 0 aromatic heterocycles. The molecule has 0 aromatic carbocycles. The van der Waals surface area contributed by atoms with Crippen molar-refractivity contribution in [2.45, 2.75) is 23.4 Å². The molecule has 1 aliphatic rings. The molecule has 0 bridgehead atoms. The summed E-state index contributed by atoms with van der Waals surface area (Å²) in [7, 11) is 0. The number of ether oxygens (including phenoxy) is 1. The van der Waals surface area contributed by atoms with Gasteiger partial charge in [-0.15, -0.1) is 0 Å². The summed E-state index contributed by atoms with van der Waals surface area (Å²) in [6.07, 6.45) is 5.76. The Kier molecular flexibility index (Phi) is 2.33. The number of esters is 1. The minimum Gasteiger partial charge on any atom is -0.448 e. The summed E-state index contributed by atoms with van der Waals surface area (Å²) in [5.74, 6) is -0.196. The number of rotatable bonds is 1. The molecule has 0 aromatic rings. The summed E-state index contributed by atoms with van der Waals surface area (Å²) >= 11 is 2.17. The average Bonchev–Trinajstić information content (AvgIpc) is 2.12. The van der Waals surface area contributed by atoms with Crippen LogP contribution in [0.3, 0.4) is 0 Å². The molecule has 0 saturated carbocycles. The summed E-state index contributed by atoms with van der Waals surface area (Å²) in [5, 5.41) is 0. The quantitative estimate of drug-likeness (QED) is 0.309. The zero-order valence-electron chi connectivity index (χ0n) is 5.76. The number of carbonyl (C=O) groups excluding carboxylic acids is 1. The second kappa shape index (κ2) is 2.90. The van der Waals surface area contributed by atoms with Gasteiger partial charge in [-0.3, -0.25) is 4.79 Å². The molecule has 0 amide bonds. The van der Waals surface area contributed by atoms with Crippen LogP contribution in [0.4, 0.5) is 0 Å². The lowest BCUT2D eigenvalue weighted by Crippen LogP contribution is -2.23. The van der Waals surface area contributed by atoms with Gasteiger partial charge >= 0.3 is 5.97 Å². The molecule has 0 unspecified atom stereocenters. The summed E-state index contributed by atoms with van der Waals surface area (Å²) in [6.45, 7) is 1.44. The van der Waals surface area contributed by atoms with E-state index < -0.39 is 0 Å². The molecule has 0 fully saturated rings. The highest BCUT2D eigenvalue weighted by Crippen LogP contribution is 2.34. The Balaban J connectivity index is 2.46. The molecule has 3 heteroatoms. The van der Waals surface area contributed by atoms with Gasteiger partial charge in [0, 0.05) is 19.8 Å². The van der Waals surface area contributed by atoms with Crippen molar-refractivity contribution in [3.63, 3.8) is 0 Å². The highest BCUT2D eigenvalue weighted by atomic mass is 127. The molecule has 56 valence electrons. The number of halogens is 1. The van der Waals surface area contributed by atoms with E-state index in [0.717, 1.165) is 12.8 Å². The first-order chi connectivity index (χ1) is 4.62. The van der Waals surface area contributed by atoms with Crippen molar-refractivity contribution in [1.82, 2.24) is 0 Å². The van der Waals surface area contributed by atoms with Crippen LogP contribution in [0, 0.1) is 0 Å². The van der Waals surface area contributed by atoms with E-state index in [-0.39, 0.29) is 9.58 Å². The maximum Gasteiger partial charge on any atom is 0.303 e. The minimum atomic E-state index is -0.274. The molecule has 0 N–H and O–H groups in total. The highest BCUT2D eigenvalue weighted by molar-refractivity contribution is 14.1. The van der Waals surface area contributed by atoms with E-state index in [1.54, 1.807) is 0 Å². The van der Waals surface area contributed by atoms with Crippen molar-refractivity contribution in [3.8, 4) is 0 Å². The number of alkyl halides is 1. The van der Waals surface area contributed by atoms with Crippen LogP contribution >= 0.6 is 22.6 Å². The molecule has 0 saturated heterocycles. The van der Waals surface area contributed by atoms with Gasteiger partial charge in [0.1, 0.15) is 0 Å². The lowest BCUT2D eigenvalue weighted by atomic mass is 10.3. The summed E-state index contributed by atoms with van der Waals surface area (Å²) < 4.78 is 4.81. The molecular weight excluding hydrogens is 243 g/mol. The number of carbonyl (C=O) groups is 1. The van der Waals surface area contributed by atoms with Crippen molar-refractivity contribution >= 4 is 28.6 Å². The maximum absolute atomic E-state index is 10.6. The first-order valence-corrected chi connectivity index (χ1v) is 4.24. The van der Waals surface area contributed by atoms with Crippen LogP contribution < -0.4 is 0 Å². The maximum atomic E-state index is 10.6. The third kappa shape index (κ3) is 1.97. The topological polar surface area (TPSA) is 26.3 Å². The lowest BCUT2D eigenvalue weighted by molar-refractivity contribution is -0.146. The van der Waals surface area contributed by atoms with Crippen molar-refractivity contribution in [2.75, 3.05) is 0 Å². The predicted octanol–water partition coefficient (Wildman–Crippen LogP) is 2.03. The summed E-state index contributed by atoms with van der Waals surface area (Å²) in [6, 6.07) is 0. The molecule has 2 nitrogen and oxygen atoms in total. The van der Waals surface area contributed by atoms with Gasteiger partial charge < -0.3 is 4.74 Å². The van der Waals surface area contributed by atoms with Crippen LogP contribution in [0.5, 0.6) is 0 Å². The third-order valence-corrected chi connectivity index (χ3v) is 2.44. The number of hydrogen-bond acceptors (Lipinski definition) is 2. The standard InChI is InChI=1S/C7H9IO2/c1-6(9)10-7(8)4-2-3-5-7/h2-3H,4-5H2,1H3. The molecule has 0 atom stereocenters. The first kappa shape index (κ1) is 8.04. The fourth-order valence-corrected chi connectivity index (χ4v) is 1.76. The van der Waals surface area contributed by atoms with Gasteiger partial charge in [0.05, 0.1) is 0 Å². The van der Waals surface area contributed by atoms with Crippen LogP contribution in [0.25, 0.3) is 0 Å². The fourth-order valence-electron chi connectivity index (χ4n) is 0.943. The zero-order chi connectivity index (χ0) is 7.61. The van der Waals surface area contributed by atoms with Crippen molar-refractivity contribution in [3.05, 3.63) is 12.2 Å². The largest absolute Gasteiger partial charge is 0.448 e. The van der Waals surface area contributed by atoms with Crippen molar-refractivity contribution < 1.29 is 9.53 Å². The Hall–Kier alpha value is -0.0600. The van der Waals surface area contributed by atoms with Crippen molar-refractivity contribution in [1.29, 1.82) is 0 Å². The van der Waals surface area contributed by atoms with Crippen LogP contribution in [0.1, 0.15) is 19.8 Å². The van der Waals surface area contributed by atoms with Gasteiger partial charge in [0.2, 0.25) is 0 Å². The normalized spacial score (nSPS) is 21.0. The van der Waals surface area contributed by atoms with Gasteiger partial charge in [-0.25, -0.2) is 0 Å². The molecule has 10 heavy (non-hydrogen) atoms. The third-order valence-electron chi connectivity index (χ3n) is 1.34. The SMILES string of the molecule is CC(=O)OC1(I)CC=CC1. The van der Waals surface area contributed by atoms with Crippen LogP contribution in [0.2, 0.25) is 0 Å². The van der Waals surface area contributed by atoms with Gasteiger partial charge in [-0.1, -0.05) is 12.2 Å². The minimum absolute atomic E-state index is 0.196. The Morgan fingerprint density at radius 3 is 2.50 bits per heavy atom. The van der Waals surface area contributed by atoms with E-state index in [4.69, 9.17) is 4.74 Å². The summed E-state index contributed by atoms with van der Waals surface area (Å²) in [4.78, 5) is 10.6. The van der Waals surface area contributed by atoms with E-state index in [1.807, 2.05) is 12.2 Å². The van der Waals surface area contributed by atoms with Gasteiger partial charge in [0.25, 0.3) is 0 Å². The lowest BCUT2D eigenvalue weighted by Gasteiger charge is -2.20. The molecule has 0 aliphatic heterocycles. The molecule has 0 radical (unpaired) electrons. The van der Waals surface area contributed by atoms with Crippen LogP contribution in [-0.2, 0) is 9.53 Å². The average molecular weight is 252 g/mol. The second-order valence-electron chi connectivity index (χ2n) is 2.36. The van der Waals surface area contributed by atoms with E-state index in [2.05, 4.69) is 22.6 Å². The summed E-state index contributed by atoms with van der Waals surface area (Å²) in [5.41, 5.74) is 0. The van der Waals surface area contributed by atoms with Gasteiger partial charge in [-0.2, -0.15) is 0 Å². The Morgan fingerprint density at radius 2 is 2.10 bits per heavy atom.